The Balaban J connectivity index is 1.98. The van der Waals surface area contributed by atoms with Crippen LogP contribution < -0.4 is 10.5 Å². The van der Waals surface area contributed by atoms with E-state index in [1.54, 1.807) is 0 Å². The van der Waals surface area contributed by atoms with Gasteiger partial charge in [-0.05, 0) is 30.7 Å². The van der Waals surface area contributed by atoms with Crippen LogP contribution in [-0.4, -0.2) is 29.1 Å². The molecule has 2 aromatic heterocycles. The molecule has 1 aliphatic carbocycles. The first kappa shape index (κ1) is 21.3. The van der Waals surface area contributed by atoms with Gasteiger partial charge in [0.05, 0.1) is 0 Å². The summed E-state index contributed by atoms with van der Waals surface area (Å²) in [6, 6.07) is 2.48. The fourth-order valence-corrected chi connectivity index (χ4v) is 3.91. The van der Waals surface area contributed by atoms with Crippen LogP contribution in [0.25, 0.3) is 0 Å². The quantitative estimate of drug-likeness (QED) is 0.734. The Morgan fingerprint density at radius 1 is 1.48 bits per heavy atom. The van der Waals surface area contributed by atoms with Crippen LogP contribution in [-0.2, 0) is 22.5 Å². The van der Waals surface area contributed by atoms with Gasteiger partial charge in [0.25, 0.3) is 21.9 Å². The first-order valence-corrected chi connectivity index (χ1v) is 10.5. The van der Waals surface area contributed by atoms with E-state index in [9.17, 15) is 22.0 Å². The number of nitrogens with zero attached hydrogens (tertiary/aromatic N) is 3. The minimum atomic E-state index is -4.06. The van der Waals surface area contributed by atoms with Crippen molar-refractivity contribution in [3.8, 4) is 0 Å². The zero-order chi connectivity index (χ0) is 21.8. The summed E-state index contributed by atoms with van der Waals surface area (Å²) in [6.07, 6.45) is 2.09. The number of aromatic nitrogens is 3. The molecule has 8 nitrogen and oxygen atoms in total. The summed E-state index contributed by atoms with van der Waals surface area (Å²) in [4.78, 5) is 16.6. The molecule has 1 fully saturated rings. The molecule has 1 aliphatic rings. The van der Waals surface area contributed by atoms with Gasteiger partial charge in [-0.3, -0.25) is 9.48 Å². The molecule has 0 bridgehead atoms. The molecule has 0 saturated heterocycles. The summed E-state index contributed by atoms with van der Waals surface area (Å²) in [6.45, 7) is 6.55. The summed E-state index contributed by atoms with van der Waals surface area (Å²) in [7, 11) is -4.06. The molecule has 2 aromatic rings. The van der Waals surface area contributed by atoms with Crippen molar-refractivity contribution in [2.45, 2.75) is 51.6 Å². The van der Waals surface area contributed by atoms with E-state index in [1.807, 2.05) is 6.92 Å². The van der Waals surface area contributed by atoms with Crippen LogP contribution in [0.3, 0.4) is 0 Å². The fourth-order valence-electron chi connectivity index (χ4n) is 3.41. The van der Waals surface area contributed by atoms with E-state index < -0.39 is 32.6 Å². The second-order valence-corrected chi connectivity index (χ2v) is 9.52. The van der Waals surface area contributed by atoms with E-state index in [2.05, 4.69) is 22.3 Å². The number of nitrogens with two attached hydrogens (primary N) is 1. The summed E-state index contributed by atoms with van der Waals surface area (Å²) in [5, 5.41) is 11.2. The maximum Gasteiger partial charge on any atom is 0.289 e. The van der Waals surface area contributed by atoms with Crippen molar-refractivity contribution in [2.24, 2.45) is 16.5 Å². The average Bonchev–Trinajstić information content (AvgIpc) is 3.01. The van der Waals surface area contributed by atoms with E-state index in [0.717, 1.165) is 19.4 Å². The topological polar surface area (TPSA) is 120 Å². The minimum absolute atomic E-state index is 0.0100. The Labute approximate surface area is 167 Å². The second kappa shape index (κ2) is 6.84. The van der Waals surface area contributed by atoms with Crippen LogP contribution in [0, 0.1) is 18.3 Å². The van der Waals surface area contributed by atoms with Gasteiger partial charge in [0.15, 0.2) is 5.03 Å². The number of halogens is 2. The Morgan fingerprint density at radius 3 is 2.62 bits per heavy atom. The lowest BCUT2D eigenvalue weighted by atomic mass is 10.1. The Bertz CT molecular complexity index is 1080. The number of pyridine rings is 1. The predicted octanol–water partition coefficient (Wildman–Crippen LogP) is 2.64. The summed E-state index contributed by atoms with van der Waals surface area (Å²) in [5.41, 5.74) is -0.370. The van der Waals surface area contributed by atoms with Gasteiger partial charge in [-0.25, -0.2) is 18.5 Å². The monoisotopic (exact) mass is 427 g/mol. The van der Waals surface area contributed by atoms with Gasteiger partial charge in [-0.1, -0.05) is 13.8 Å². The van der Waals surface area contributed by atoms with E-state index >= 15 is 0 Å². The Hall–Kier alpha value is -2.40. The van der Waals surface area contributed by atoms with Crippen LogP contribution in [0.2, 0.25) is 0 Å². The maximum atomic E-state index is 14.0. The lowest BCUT2D eigenvalue weighted by Crippen LogP contribution is -2.22. The van der Waals surface area contributed by atoms with Crippen LogP contribution >= 0.6 is 0 Å². The number of carbonyl (C=O) groups excluding carboxylic acids is 1. The normalized spacial score (nSPS) is 21.8. The molecule has 2 unspecified atom stereocenters. The van der Waals surface area contributed by atoms with Crippen LogP contribution in [0.15, 0.2) is 23.4 Å². The number of rotatable bonds is 6. The van der Waals surface area contributed by atoms with Crippen LogP contribution in [0.1, 0.15) is 48.9 Å². The molecule has 29 heavy (non-hydrogen) atoms. The zero-order valence-electron chi connectivity index (χ0n) is 16.5. The number of alkyl halides is 2. The molecule has 11 heteroatoms. The molecule has 2 atom stereocenters. The second-order valence-electron chi connectivity index (χ2n) is 8.01. The molecule has 1 saturated carbocycles. The van der Waals surface area contributed by atoms with Gasteiger partial charge >= 0.3 is 0 Å². The number of sulfonamides is 1. The van der Waals surface area contributed by atoms with Gasteiger partial charge in [0.2, 0.25) is 0 Å². The molecular weight excluding hydrogens is 404 g/mol. The van der Waals surface area contributed by atoms with Gasteiger partial charge in [0, 0.05) is 37.0 Å². The van der Waals surface area contributed by atoms with Crippen molar-refractivity contribution >= 4 is 21.6 Å². The third-order valence-electron chi connectivity index (χ3n) is 5.42. The van der Waals surface area contributed by atoms with Crippen LogP contribution in [0.4, 0.5) is 14.5 Å². The largest absolute Gasteiger partial charge is 0.321 e. The highest BCUT2D eigenvalue weighted by Crippen LogP contribution is 2.53. The van der Waals surface area contributed by atoms with Gasteiger partial charge in [-0.2, -0.15) is 13.9 Å². The molecule has 2 heterocycles. The Kier molecular flexibility index (Phi) is 5.02. The number of nitrogens with one attached hydrogen (secondary N) is 1. The molecule has 3 N–H and O–H groups in total. The number of hydrogen-bond donors (Lipinski definition) is 2. The smallest absolute Gasteiger partial charge is 0.289 e. The van der Waals surface area contributed by atoms with Gasteiger partial charge in [-0.15, -0.1) is 0 Å². The number of amides is 1. The van der Waals surface area contributed by atoms with Crippen molar-refractivity contribution in [2.75, 3.05) is 5.32 Å². The molecular formula is C18H23F2N5O3S. The zero-order valence-corrected chi connectivity index (χ0v) is 17.3. The third kappa shape index (κ3) is 4.30. The lowest BCUT2D eigenvalue weighted by Gasteiger charge is -2.14. The van der Waals surface area contributed by atoms with E-state index in [0.29, 0.717) is 12.5 Å². The highest BCUT2D eigenvalue weighted by Gasteiger charge is 2.48. The lowest BCUT2D eigenvalue weighted by molar-refractivity contribution is 0.0113. The third-order valence-corrected chi connectivity index (χ3v) is 6.22. The first-order valence-electron chi connectivity index (χ1n) is 8.98. The highest BCUT2D eigenvalue weighted by molar-refractivity contribution is 7.89. The molecule has 1 amide bonds. The molecule has 0 radical (unpaired) electrons. The first-order chi connectivity index (χ1) is 13.2. The van der Waals surface area contributed by atoms with Crippen molar-refractivity contribution in [3.63, 3.8) is 0 Å². The summed E-state index contributed by atoms with van der Waals surface area (Å²) < 4.78 is 52.3. The van der Waals surface area contributed by atoms with Crippen molar-refractivity contribution < 1.29 is 22.0 Å². The number of hydrogen-bond acceptors (Lipinski definition) is 5. The van der Waals surface area contributed by atoms with E-state index in [4.69, 9.17) is 5.14 Å². The standard InChI is InChI=1S/C18H23F2N5O3S/c1-10-8-17(10,3)9-25-14(11(2)15(24-25)18(4,19)20)16(26)23-12-5-6-22-13(7-12)29(21,27)28/h5-7,10H,8-9H2,1-4H3,(H2,21,27,28)(H,22,23,26). The van der Waals surface area contributed by atoms with E-state index in [-0.39, 0.29) is 22.4 Å². The SMILES string of the molecule is Cc1c(C(C)(F)F)nn(CC2(C)CC2C)c1C(=O)Nc1ccnc(S(N)(=O)=O)c1. The molecule has 3 rings (SSSR count). The number of primary sulfonamides is 1. The maximum absolute atomic E-state index is 14.0. The summed E-state index contributed by atoms with van der Waals surface area (Å²) in [5.74, 6) is -3.49. The number of carbonyl (C=O) groups is 1. The minimum Gasteiger partial charge on any atom is -0.321 e. The summed E-state index contributed by atoms with van der Waals surface area (Å²) >= 11 is 0. The van der Waals surface area contributed by atoms with Crippen molar-refractivity contribution in [1.29, 1.82) is 0 Å². The van der Waals surface area contributed by atoms with Gasteiger partial charge < -0.3 is 5.32 Å². The van der Waals surface area contributed by atoms with E-state index in [1.165, 1.54) is 23.9 Å². The Morgan fingerprint density at radius 2 is 2.10 bits per heavy atom. The highest BCUT2D eigenvalue weighted by atomic mass is 32.2. The van der Waals surface area contributed by atoms with Crippen LogP contribution in [0.5, 0.6) is 0 Å². The van der Waals surface area contributed by atoms with Gasteiger partial charge in [0.1, 0.15) is 11.4 Å². The number of anilines is 1. The molecule has 158 valence electrons. The molecule has 0 spiro atoms. The molecule has 0 aliphatic heterocycles. The predicted molar refractivity (Wildman–Crippen MR) is 102 cm³/mol. The fraction of sp³-hybridized carbons (Fsp3) is 0.500. The van der Waals surface area contributed by atoms with Crippen molar-refractivity contribution in [1.82, 2.24) is 14.8 Å². The van der Waals surface area contributed by atoms with Crippen molar-refractivity contribution in [3.05, 3.63) is 35.3 Å². The average molecular weight is 427 g/mol. The molecule has 0 aromatic carbocycles.